The minimum absolute atomic E-state index is 0.274. The summed E-state index contributed by atoms with van der Waals surface area (Å²) < 4.78 is 11.1. The Labute approximate surface area is 174 Å². The lowest BCUT2D eigenvalue weighted by Crippen LogP contribution is -2.05. The molecule has 0 amide bonds. The van der Waals surface area contributed by atoms with E-state index in [-0.39, 0.29) is 5.70 Å². The summed E-state index contributed by atoms with van der Waals surface area (Å²) in [5.74, 6) is 0.609. The van der Waals surface area contributed by atoms with Crippen molar-refractivity contribution in [1.29, 1.82) is 0 Å². The first-order valence-corrected chi connectivity index (χ1v) is 9.51. The summed E-state index contributed by atoms with van der Waals surface area (Å²) in [5.41, 5.74) is 4.01. The lowest BCUT2D eigenvalue weighted by atomic mass is 10.1. The highest BCUT2D eigenvalue weighted by Crippen LogP contribution is 2.21. The SMILES string of the molecule is Cc1cccc(C2=N/C(=C\c3ccc(OCc4ccc(Cl)cc4)cc3)C(=O)O2)c1. The van der Waals surface area contributed by atoms with Gasteiger partial charge in [-0.05, 0) is 60.5 Å². The highest BCUT2D eigenvalue weighted by atomic mass is 35.5. The van der Waals surface area contributed by atoms with Gasteiger partial charge < -0.3 is 9.47 Å². The van der Waals surface area contributed by atoms with Crippen LogP contribution in [0, 0.1) is 6.92 Å². The van der Waals surface area contributed by atoms with Gasteiger partial charge in [-0.3, -0.25) is 0 Å². The largest absolute Gasteiger partial charge is 0.489 e. The van der Waals surface area contributed by atoms with Crippen molar-refractivity contribution in [3.63, 3.8) is 0 Å². The van der Waals surface area contributed by atoms with E-state index in [0.717, 1.165) is 28.0 Å². The highest BCUT2D eigenvalue weighted by molar-refractivity contribution is 6.30. The Balaban J connectivity index is 1.45. The Morgan fingerprint density at radius 1 is 1.03 bits per heavy atom. The molecule has 0 aromatic heterocycles. The smallest absolute Gasteiger partial charge is 0.363 e. The fourth-order valence-electron chi connectivity index (χ4n) is 2.88. The quantitative estimate of drug-likeness (QED) is 0.413. The first kappa shape index (κ1) is 19.0. The number of nitrogens with zero attached hydrogens (tertiary/aromatic N) is 1. The molecule has 3 aromatic rings. The van der Waals surface area contributed by atoms with Gasteiger partial charge in [-0.1, -0.05) is 53.6 Å². The van der Waals surface area contributed by atoms with Crippen molar-refractivity contribution in [2.45, 2.75) is 13.5 Å². The van der Waals surface area contributed by atoms with Gasteiger partial charge in [0.1, 0.15) is 12.4 Å². The van der Waals surface area contributed by atoms with Crippen LogP contribution in [0.15, 0.2) is 83.5 Å². The van der Waals surface area contributed by atoms with Gasteiger partial charge in [-0.15, -0.1) is 0 Å². The van der Waals surface area contributed by atoms with Crippen molar-refractivity contribution in [3.05, 3.63) is 106 Å². The molecule has 144 valence electrons. The van der Waals surface area contributed by atoms with Crippen LogP contribution < -0.4 is 4.74 Å². The maximum atomic E-state index is 12.2. The molecule has 0 aliphatic carbocycles. The van der Waals surface area contributed by atoms with Crippen molar-refractivity contribution >= 4 is 29.5 Å². The number of hydrogen-bond acceptors (Lipinski definition) is 4. The van der Waals surface area contributed by atoms with Gasteiger partial charge in [-0.25, -0.2) is 9.79 Å². The molecular formula is C24H18ClNO3. The molecule has 0 N–H and O–H groups in total. The van der Waals surface area contributed by atoms with E-state index < -0.39 is 5.97 Å². The van der Waals surface area contributed by atoms with Crippen LogP contribution in [0.25, 0.3) is 6.08 Å². The van der Waals surface area contributed by atoms with Gasteiger partial charge in [0.15, 0.2) is 5.70 Å². The molecule has 0 saturated heterocycles. The standard InChI is InChI=1S/C24H18ClNO3/c1-16-3-2-4-19(13-16)23-26-22(24(27)29-23)14-17-7-11-21(12-8-17)28-15-18-5-9-20(25)10-6-18/h2-14H,15H2,1H3/b22-14-. The van der Waals surface area contributed by atoms with Gasteiger partial charge in [0, 0.05) is 10.6 Å². The highest BCUT2D eigenvalue weighted by Gasteiger charge is 2.24. The summed E-state index contributed by atoms with van der Waals surface area (Å²) in [6.45, 7) is 2.43. The number of esters is 1. The van der Waals surface area contributed by atoms with Crippen molar-refractivity contribution < 1.29 is 14.3 Å². The number of halogens is 1. The van der Waals surface area contributed by atoms with Gasteiger partial charge in [-0.2, -0.15) is 0 Å². The fourth-order valence-corrected chi connectivity index (χ4v) is 3.00. The molecule has 5 heteroatoms. The van der Waals surface area contributed by atoms with Crippen LogP contribution in [-0.2, 0) is 16.1 Å². The molecule has 0 saturated carbocycles. The van der Waals surface area contributed by atoms with Crippen LogP contribution in [0.3, 0.4) is 0 Å². The van der Waals surface area contributed by atoms with E-state index in [1.807, 2.05) is 79.7 Å². The number of benzene rings is 3. The Hall–Kier alpha value is -3.37. The van der Waals surface area contributed by atoms with Crippen LogP contribution in [-0.4, -0.2) is 11.9 Å². The van der Waals surface area contributed by atoms with Gasteiger partial charge in [0.25, 0.3) is 0 Å². The zero-order valence-electron chi connectivity index (χ0n) is 15.8. The van der Waals surface area contributed by atoms with Crippen LogP contribution in [0.2, 0.25) is 5.02 Å². The lowest BCUT2D eigenvalue weighted by molar-refractivity contribution is -0.129. The minimum Gasteiger partial charge on any atom is -0.489 e. The summed E-state index contributed by atoms with van der Waals surface area (Å²) in [4.78, 5) is 16.5. The monoisotopic (exact) mass is 403 g/mol. The van der Waals surface area contributed by atoms with E-state index in [1.165, 1.54) is 0 Å². The predicted molar refractivity (Wildman–Crippen MR) is 114 cm³/mol. The molecule has 0 unspecified atom stereocenters. The van der Waals surface area contributed by atoms with Crippen LogP contribution in [0.4, 0.5) is 0 Å². The molecule has 29 heavy (non-hydrogen) atoms. The zero-order chi connectivity index (χ0) is 20.2. The molecule has 3 aromatic carbocycles. The first-order valence-electron chi connectivity index (χ1n) is 9.14. The molecule has 0 radical (unpaired) electrons. The van der Waals surface area contributed by atoms with Crippen LogP contribution in [0.1, 0.15) is 22.3 Å². The Bertz CT molecular complexity index is 1100. The number of ether oxygens (including phenoxy) is 2. The van der Waals surface area contributed by atoms with Crippen LogP contribution >= 0.6 is 11.6 Å². The zero-order valence-corrected chi connectivity index (χ0v) is 16.5. The number of aryl methyl sites for hydroxylation is 1. The van der Waals surface area contributed by atoms with E-state index >= 15 is 0 Å². The molecule has 0 fully saturated rings. The van der Waals surface area contributed by atoms with Crippen molar-refractivity contribution in [2.24, 2.45) is 4.99 Å². The second-order valence-electron chi connectivity index (χ2n) is 6.69. The number of hydrogen-bond donors (Lipinski definition) is 0. The molecule has 1 aliphatic rings. The maximum Gasteiger partial charge on any atom is 0.363 e. The van der Waals surface area contributed by atoms with E-state index in [2.05, 4.69) is 4.99 Å². The maximum absolute atomic E-state index is 12.2. The normalized spacial score (nSPS) is 14.6. The summed E-state index contributed by atoms with van der Waals surface area (Å²) >= 11 is 5.89. The van der Waals surface area contributed by atoms with Crippen molar-refractivity contribution in [3.8, 4) is 5.75 Å². The Morgan fingerprint density at radius 3 is 2.52 bits per heavy atom. The topological polar surface area (TPSA) is 47.9 Å². The minimum atomic E-state index is -0.454. The van der Waals surface area contributed by atoms with Crippen molar-refractivity contribution in [1.82, 2.24) is 0 Å². The third-order valence-electron chi connectivity index (χ3n) is 4.39. The summed E-state index contributed by atoms with van der Waals surface area (Å²) in [6, 6.07) is 22.7. The third kappa shape index (κ3) is 4.73. The fraction of sp³-hybridized carbons (Fsp3) is 0.0833. The van der Waals surface area contributed by atoms with Crippen LogP contribution in [0.5, 0.6) is 5.75 Å². The molecule has 1 heterocycles. The number of aliphatic imine (C=N–C) groups is 1. The summed E-state index contributed by atoms with van der Waals surface area (Å²) in [7, 11) is 0. The molecule has 0 atom stereocenters. The third-order valence-corrected chi connectivity index (χ3v) is 4.64. The summed E-state index contributed by atoms with van der Waals surface area (Å²) in [5, 5.41) is 0.699. The first-order chi connectivity index (χ1) is 14.1. The molecular weight excluding hydrogens is 386 g/mol. The number of cyclic esters (lactones) is 1. The second kappa shape index (κ2) is 8.33. The van der Waals surface area contributed by atoms with Crippen molar-refractivity contribution in [2.75, 3.05) is 0 Å². The van der Waals surface area contributed by atoms with E-state index in [9.17, 15) is 4.79 Å². The van der Waals surface area contributed by atoms with E-state index in [4.69, 9.17) is 21.1 Å². The van der Waals surface area contributed by atoms with E-state index in [1.54, 1.807) is 6.08 Å². The number of carbonyl (C=O) groups excluding carboxylic acids is 1. The Morgan fingerprint density at radius 2 is 1.79 bits per heavy atom. The predicted octanol–water partition coefficient (Wildman–Crippen LogP) is 5.57. The molecule has 4 rings (SSSR count). The lowest BCUT2D eigenvalue weighted by Gasteiger charge is -2.06. The van der Waals surface area contributed by atoms with E-state index in [0.29, 0.717) is 17.5 Å². The molecule has 0 bridgehead atoms. The summed E-state index contributed by atoms with van der Waals surface area (Å²) in [6.07, 6.45) is 1.70. The average Bonchev–Trinajstić information content (AvgIpc) is 3.09. The number of rotatable bonds is 5. The Kier molecular flexibility index (Phi) is 5.45. The molecule has 4 nitrogen and oxygen atoms in total. The molecule has 1 aliphatic heterocycles. The van der Waals surface area contributed by atoms with Gasteiger partial charge in [0.2, 0.25) is 5.90 Å². The average molecular weight is 404 g/mol. The van der Waals surface area contributed by atoms with Gasteiger partial charge in [0.05, 0.1) is 0 Å². The van der Waals surface area contributed by atoms with Gasteiger partial charge >= 0.3 is 5.97 Å². The molecule has 0 spiro atoms. The second-order valence-corrected chi connectivity index (χ2v) is 7.13. The number of carbonyl (C=O) groups is 1.